The van der Waals surface area contributed by atoms with Crippen LogP contribution in [-0.2, 0) is 0 Å². The average molecular weight is 221 g/mol. The molecule has 0 bridgehead atoms. The van der Waals surface area contributed by atoms with Crippen molar-refractivity contribution < 1.29 is 12.9 Å². The Labute approximate surface area is 88.5 Å². The summed E-state index contributed by atoms with van der Waals surface area (Å²) in [6.07, 6.45) is 2.78. The van der Waals surface area contributed by atoms with Crippen LogP contribution in [0.15, 0.2) is 0 Å². The fourth-order valence-corrected chi connectivity index (χ4v) is 2.68. The fraction of sp³-hybridized carbons (Fsp3) is 1.00. The molecule has 0 aliphatic carbocycles. The number of fused-ring (bicyclic) bond motifs is 1. The highest BCUT2D eigenvalue weighted by molar-refractivity contribution is 6.58. The molecule has 2 aliphatic heterocycles. The first-order valence-electron chi connectivity index (χ1n) is 5.72. The Morgan fingerprint density at radius 1 is 1.07 bits per heavy atom. The lowest BCUT2D eigenvalue weighted by Gasteiger charge is -2.45. The molecule has 88 valence electrons. The first-order chi connectivity index (χ1) is 7.04. The maximum Gasteiger partial charge on any atom is 0.492 e. The van der Waals surface area contributed by atoms with Crippen molar-refractivity contribution in [1.29, 1.82) is 0 Å². The molecule has 0 aromatic carbocycles. The Hall–Kier alpha value is -0.225. The van der Waals surface area contributed by atoms with Crippen LogP contribution in [0, 0.1) is 0 Å². The summed E-state index contributed by atoms with van der Waals surface area (Å²) in [7, 11) is 0. The van der Waals surface area contributed by atoms with Crippen molar-refractivity contribution in [3.63, 3.8) is 0 Å². The van der Waals surface area contributed by atoms with E-state index in [1.165, 1.54) is 12.8 Å². The van der Waals surface area contributed by atoms with Gasteiger partial charge in [0, 0.05) is 25.7 Å². The van der Waals surface area contributed by atoms with E-state index in [0.717, 1.165) is 19.5 Å². The van der Waals surface area contributed by atoms with Crippen molar-refractivity contribution in [2.24, 2.45) is 0 Å². The van der Waals surface area contributed by atoms with Crippen LogP contribution in [0.2, 0.25) is 0 Å². The molecule has 2 aliphatic rings. The van der Waals surface area contributed by atoms with Gasteiger partial charge in [0.25, 0.3) is 0 Å². The minimum Gasteiger partial charge on any atom is -0.448 e. The third kappa shape index (κ3) is 3.11. The Bertz CT molecular complexity index is 222. The molecule has 0 radical (unpaired) electrons. The summed E-state index contributed by atoms with van der Waals surface area (Å²) in [5, 5.41) is 0. The fourth-order valence-electron chi connectivity index (χ4n) is 2.68. The maximum atomic E-state index is 12.3. The monoisotopic (exact) mass is 221 g/mol. The van der Waals surface area contributed by atoms with Crippen molar-refractivity contribution in [1.82, 2.24) is 9.80 Å². The van der Waals surface area contributed by atoms with Crippen LogP contribution in [-0.4, -0.2) is 55.4 Å². The highest BCUT2D eigenvalue weighted by atomic mass is 19.4. The number of hydrogen-bond acceptors (Lipinski definition) is 2. The van der Waals surface area contributed by atoms with E-state index in [4.69, 9.17) is 0 Å². The molecule has 2 rings (SSSR count). The Morgan fingerprint density at radius 3 is 2.60 bits per heavy atom. The second kappa shape index (κ2) is 4.33. The van der Waals surface area contributed by atoms with Gasteiger partial charge in [-0.1, -0.05) is 6.42 Å². The van der Waals surface area contributed by atoms with Gasteiger partial charge in [-0.25, -0.2) is 0 Å². The van der Waals surface area contributed by atoms with Gasteiger partial charge >= 0.3 is 6.98 Å². The van der Waals surface area contributed by atoms with E-state index >= 15 is 0 Å². The molecule has 0 saturated carbocycles. The van der Waals surface area contributed by atoms with E-state index in [1.54, 1.807) is 4.90 Å². The van der Waals surface area contributed by atoms with Crippen molar-refractivity contribution in [3.8, 4) is 0 Å². The van der Waals surface area contributed by atoms with E-state index in [0.29, 0.717) is 19.1 Å². The van der Waals surface area contributed by atoms with Crippen molar-refractivity contribution >= 4 is 6.98 Å². The van der Waals surface area contributed by atoms with Crippen LogP contribution in [0.3, 0.4) is 0 Å². The third-order valence-corrected chi connectivity index (χ3v) is 3.39. The molecule has 0 aromatic heterocycles. The minimum atomic E-state index is -4.65. The summed E-state index contributed by atoms with van der Waals surface area (Å²) in [4.78, 5) is 3.93. The zero-order valence-electron chi connectivity index (χ0n) is 8.84. The summed E-state index contributed by atoms with van der Waals surface area (Å²) in [5.74, 6) is 0. The van der Waals surface area contributed by atoms with Crippen molar-refractivity contribution in [3.05, 3.63) is 0 Å². The van der Waals surface area contributed by atoms with Crippen LogP contribution in [0.4, 0.5) is 12.9 Å². The number of piperidine rings is 1. The van der Waals surface area contributed by atoms with Gasteiger partial charge in [0.15, 0.2) is 0 Å². The maximum absolute atomic E-state index is 12.3. The van der Waals surface area contributed by atoms with E-state index in [9.17, 15) is 12.9 Å². The molecule has 1 atom stereocenters. The average Bonchev–Trinajstić information content (AvgIpc) is 2.15. The van der Waals surface area contributed by atoms with Gasteiger partial charge in [-0.3, -0.25) is 4.90 Å². The van der Waals surface area contributed by atoms with Gasteiger partial charge < -0.3 is 17.8 Å². The number of halogens is 3. The number of piperazine rings is 1. The standard InChI is InChI=1S/C9H17BF3N2/c11-10(12,13)8-14-5-6-15-4-2-1-3-9(15)7-14/h9H,1-8H2/q-1. The zero-order chi connectivity index (χ0) is 10.9. The van der Waals surface area contributed by atoms with Crippen molar-refractivity contribution in [2.45, 2.75) is 25.3 Å². The number of hydrogen-bond donors (Lipinski definition) is 0. The third-order valence-electron chi connectivity index (χ3n) is 3.39. The summed E-state index contributed by atoms with van der Waals surface area (Å²) in [6, 6.07) is 0.380. The Kier molecular flexibility index (Phi) is 3.26. The van der Waals surface area contributed by atoms with Gasteiger partial charge in [0.2, 0.25) is 0 Å². The van der Waals surface area contributed by atoms with Crippen LogP contribution < -0.4 is 0 Å². The smallest absolute Gasteiger partial charge is 0.448 e. The molecule has 2 nitrogen and oxygen atoms in total. The van der Waals surface area contributed by atoms with Gasteiger partial charge in [-0.05, 0) is 25.8 Å². The first-order valence-corrected chi connectivity index (χ1v) is 5.72. The second-order valence-electron chi connectivity index (χ2n) is 4.66. The van der Waals surface area contributed by atoms with Crippen LogP contribution >= 0.6 is 0 Å². The van der Waals surface area contributed by atoms with Crippen LogP contribution in [0.5, 0.6) is 0 Å². The predicted molar refractivity (Wildman–Crippen MR) is 54.7 cm³/mol. The SMILES string of the molecule is F[B-](F)(F)CN1CCN2CCCCC2C1. The largest absolute Gasteiger partial charge is 0.492 e. The highest BCUT2D eigenvalue weighted by Gasteiger charge is 2.33. The molecular formula is C9H17BF3N2-. The predicted octanol–water partition coefficient (Wildman–Crippen LogP) is 1.54. The topological polar surface area (TPSA) is 6.48 Å². The molecule has 2 fully saturated rings. The van der Waals surface area contributed by atoms with Crippen LogP contribution in [0.1, 0.15) is 19.3 Å². The first kappa shape index (κ1) is 11.3. The van der Waals surface area contributed by atoms with Crippen molar-refractivity contribution in [2.75, 3.05) is 32.6 Å². The Balaban J connectivity index is 1.85. The lowest BCUT2D eigenvalue weighted by Crippen LogP contribution is -2.56. The molecule has 0 amide bonds. The molecule has 0 spiro atoms. The van der Waals surface area contributed by atoms with E-state index in [2.05, 4.69) is 4.90 Å². The number of nitrogens with zero attached hydrogens (tertiary/aromatic N) is 2. The molecule has 1 unspecified atom stereocenters. The van der Waals surface area contributed by atoms with Gasteiger partial charge in [-0.2, -0.15) is 0 Å². The van der Waals surface area contributed by atoms with Gasteiger partial charge in [0.1, 0.15) is 0 Å². The highest BCUT2D eigenvalue weighted by Crippen LogP contribution is 2.22. The quantitative estimate of drug-likeness (QED) is 0.652. The summed E-state index contributed by atoms with van der Waals surface area (Å²) < 4.78 is 36.8. The van der Waals surface area contributed by atoms with Gasteiger partial charge in [-0.15, -0.1) is 0 Å². The lowest BCUT2D eigenvalue weighted by molar-refractivity contribution is 0.0539. The zero-order valence-corrected chi connectivity index (χ0v) is 8.84. The molecule has 6 heteroatoms. The minimum absolute atomic E-state index is 0.380. The van der Waals surface area contributed by atoms with E-state index in [1.807, 2.05) is 0 Å². The Morgan fingerprint density at radius 2 is 1.87 bits per heavy atom. The summed E-state index contributed by atoms with van der Waals surface area (Å²) in [6.45, 7) is -1.56. The number of rotatable bonds is 2. The molecule has 2 saturated heterocycles. The normalized spacial score (nSPS) is 30.2. The van der Waals surface area contributed by atoms with Crippen LogP contribution in [0.25, 0.3) is 0 Å². The van der Waals surface area contributed by atoms with E-state index < -0.39 is 13.4 Å². The van der Waals surface area contributed by atoms with Gasteiger partial charge in [0.05, 0.1) is 0 Å². The molecule has 0 N–H and O–H groups in total. The summed E-state index contributed by atoms with van der Waals surface area (Å²) >= 11 is 0. The lowest BCUT2D eigenvalue weighted by atomic mass is 9.89. The molecule has 2 heterocycles. The second-order valence-corrected chi connectivity index (χ2v) is 4.66. The summed E-state index contributed by atoms with van der Waals surface area (Å²) in [5.41, 5.74) is 0. The molecule has 0 aromatic rings. The molecule has 15 heavy (non-hydrogen) atoms. The van der Waals surface area contributed by atoms with E-state index in [-0.39, 0.29) is 0 Å². The molecular weight excluding hydrogens is 204 g/mol.